The maximum atomic E-state index is 12.4. The Morgan fingerprint density at radius 3 is 1.80 bits per heavy atom. The van der Waals surface area contributed by atoms with Crippen molar-refractivity contribution in [3.63, 3.8) is 0 Å². The van der Waals surface area contributed by atoms with Gasteiger partial charge in [0.15, 0.2) is 5.96 Å². The highest BCUT2D eigenvalue weighted by atomic mass is 16.4. The molecule has 0 aromatic carbocycles. The van der Waals surface area contributed by atoms with Crippen LogP contribution < -0.4 is 32.7 Å². The van der Waals surface area contributed by atoms with Crippen LogP contribution in [0.15, 0.2) is 0 Å². The molecule has 4 atom stereocenters. The number of aliphatic hydroxyl groups excluding tert-OH is 3. The summed E-state index contributed by atoms with van der Waals surface area (Å²) in [4.78, 5) is 47.4. The van der Waals surface area contributed by atoms with E-state index in [-0.39, 0.29) is 25.3 Å². The van der Waals surface area contributed by atoms with Gasteiger partial charge in [-0.25, -0.2) is 4.79 Å². The monoisotopic (exact) mass is 435 g/mol. The Labute approximate surface area is 171 Å². The number of nitrogens with two attached hydrogens (primary N) is 2. The van der Waals surface area contributed by atoms with Crippen LogP contribution in [0.2, 0.25) is 0 Å². The second-order valence-corrected chi connectivity index (χ2v) is 6.16. The third kappa shape index (κ3) is 9.97. The molecule has 0 radical (unpaired) electrons. The molecule has 13 N–H and O–H groups in total. The van der Waals surface area contributed by atoms with Gasteiger partial charge in [0.05, 0.1) is 19.8 Å². The Kier molecular flexibility index (Phi) is 12.6. The highest BCUT2D eigenvalue weighted by Gasteiger charge is 2.29. The summed E-state index contributed by atoms with van der Waals surface area (Å²) in [6.07, 6.45) is 0.193. The molecule has 15 heteroatoms. The molecule has 3 amide bonds. The Bertz CT molecular complexity index is 618. The van der Waals surface area contributed by atoms with E-state index in [9.17, 15) is 24.3 Å². The zero-order valence-electron chi connectivity index (χ0n) is 16.1. The van der Waals surface area contributed by atoms with Crippen molar-refractivity contribution in [1.82, 2.24) is 21.3 Å². The predicted octanol–water partition coefficient (Wildman–Crippen LogP) is -5.91. The number of carbonyl (C=O) groups is 4. The number of aliphatic carboxylic acids is 1. The van der Waals surface area contributed by atoms with Gasteiger partial charge in [0, 0.05) is 6.54 Å². The van der Waals surface area contributed by atoms with E-state index in [0.29, 0.717) is 0 Å². The van der Waals surface area contributed by atoms with E-state index in [2.05, 4.69) is 21.3 Å². The van der Waals surface area contributed by atoms with Gasteiger partial charge in [0.25, 0.3) is 0 Å². The van der Waals surface area contributed by atoms with Crippen molar-refractivity contribution in [1.29, 1.82) is 5.41 Å². The van der Waals surface area contributed by atoms with Gasteiger partial charge in [0.2, 0.25) is 17.7 Å². The van der Waals surface area contributed by atoms with E-state index >= 15 is 0 Å². The van der Waals surface area contributed by atoms with E-state index in [1.807, 2.05) is 0 Å². The SMILES string of the molecule is N=C(N)NCCC[C@H](NC(=O)[C@H](CO)NC(=O)[C@@H](N)CO)C(=O)N[C@@H](CO)C(=O)O. The fourth-order valence-electron chi connectivity index (χ4n) is 2.08. The average Bonchev–Trinajstić information content (AvgIpc) is 2.70. The molecule has 15 nitrogen and oxygen atoms in total. The van der Waals surface area contributed by atoms with Crippen LogP contribution in [0, 0.1) is 5.41 Å². The number of amides is 3. The lowest BCUT2D eigenvalue weighted by molar-refractivity contribution is -0.143. The Morgan fingerprint density at radius 1 is 0.833 bits per heavy atom. The summed E-state index contributed by atoms with van der Waals surface area (Å²) in [7, 11) is 0. The number of carboxylic acids is 1. The zero-order valence-corrected chi connectivity index (χ0v) is 16.1. The Morgan fingerprint density at radius 2 is 1.33 bits per heavy atom. The molecule has 0 aromatic heterocycles. The molecule has 0 aliphatic carbocycles. The lowest BCUT2D eigenvalue weighted by Gasteiger charge is -2.24. The number of hydrogen-bond donors (Lipinski definition) is 11. The standard InChI is InChI=1S/C15H29N7O8/c16-7(4-23)11(26)21-9(5-24)13(28)20-8(2-1-3-19-15(17)18)12(27)22-10(6-25)14(29)30/h7-10,23-25H,1-6,16H2,(H,20,28)(H,21,26)(H,22,27)(H,29,30)(H4,17,18,19)/t7-,8-,9-,10-/m0/s1. The number of carboxylic acid groups (broad SMARTS) is 1. The lowest BCUT2D eigenvalue weighted by atomic mass is 10.1. The van der Waals surface area contributed by atoms with Crippen molar-refractivity contribution in [3.8, 4) is 0 Å². The van der Waals surface area contributed by atoms with Gasteiger partial charge in [0.1, 0.15) is 24.2 Å². The first-order valence-corrected chi connectivity index (χ1v) is 8.87. The number of carbonyl (C=O) groups excluding carboxylic acids is 3. The third-order valence-electron chi connectivity index (χ3n) is 3.76. The van der Waals surface area contributed by atoms with Crippen molar-refractivity contribution >= 4 is 29.7 Å². The largest absolute Gasteiger partial charge is 0.480 e. The van der Waals surface area contributed by atoms with Crippen LogP contribution in [0.25, 0.3) is 0 Å². The smallest absolute Gasteiger partial charge is 0.328 e. The van der Waals surface area contributed by atoms with Crippen LogP contribution in [0.5, 0.6) is 0 Å². The quantitative estimate of drug-likeness (QED) is 0.0694. The lowest BCUT2D eigenvalue weighted by Crippen LogP contribution is -2.58. The average molecular weight is 435 g/mol. The fourth-order valence-corrected chi connectivity index (χ4v) is 2.08. The van der Waals surface area contributed by atoms with Crippen molar-refractivity contribution in [3.05, 3.63) is 0 Å². The van der Waals surface area contributed by atoms with Crippen LogP contribution in [0.4, 0.5) is 0 Å². The van der Waals surface area contributed by atoms with Crippen LogP contribution in [0.1, 0.15) is 12.8 Å². The minimum Gasteiger partial charge on any atom is -0.480 e. The van der Waals surface area contributed by atoms with Crippen molar-refractivity contribution in [2.45, 2.75) is 37.0 Å². The number of hydrogen-bond acceptors (Lipinski definition) is 9. The van der Waals surface area contributed by atoms with Gasteiger partial charge < -0.3 is 53.2 Å². The van der Waals surface area contributed by atoms with E-state index in [0.717, 1.165) is 0 Å². The summed E-state index contributed by atoms with van der Waals surface area (Å²) in [5, 5.41) is 52.2. The minimum absolute atomic E-state index is 0.0299. The van der Waals surface area contributed by atoms with E-state index in [4.69, 9.17) is 32.2 Å². The molecule has 0 aliphatic rings. The molecular weight excluding hydrogens is 406 g/mol. The maximum absolute atomic E-state index is 12.4. The summed E-state index contributed by atoms with van der Waals surface area (Å²) < 4.78 is 0. The molecule has 0 saturated carbocycles. The molecule has 0 aliphatic heterocycles. The second-order valence-electron chi connectivity index (χ2n) is 6.16. The first kappa shape index (κ1) is 27.0. The molecule has 0 saturated heterocycles. The van der Waals surface area contributed by atoms with Gasteiger partial charge in [-0.15, -0.1) is 0 Å². The highest BCUT2D eigenvalue weighted by molar-refractivity contribution is 5.94. The van der Waals surface area contributed by atoms with Gasteiger partial charge in [-0.1, -0.05) is 0 Å². The zero-order chi connectivity index (χ0) is 23.3. The Balaban J connectivity index is 5.19. The summed E-state index contributed by atoms with van der Waals surface area (Å²) in [5.74, 6) is -4.61. The van der Waals surface area contributed by atoms with Gasteiger partial charge in [-0.2, -0.15) is 0 Å². The molecule has 0 aromatic rings. The highest BCUT2D eigenvalue weighted by Crippen LogP contribution is 2.00. The molecule has 0 spiro atoms. The molecule has 0 fully saturated rings. The van der Waals surface area contributed by atoms with Crippen LogP contribution in [0.3, 0.4) is 0 Å². The second kappa shape index (κ2) is 14.0. The van der Waals surface area contributed by atoms with Gasteiger partial charge >= 0.3 is 5.97 Å². The van der Waals surface area contributed by atoms with Crippen LogP contribution >= 0.6 is 0 Å². The first-order valence-electron chi connectivity index (χ1n) is 8.87. The third-order valence-corrected chi connectivity index (χ3v) is 3.76. The number of nitrogens with one attached hydrogen (secondary N) is 5. The molecule has 0 heterocycles. The topological polar surface area (TPSA) is 273 Å². The molecular formula is C15H29N7O8. The molecule has 0 bridgehead atoms. The first-order chi connectivity index (χ1) is 14.1. The van der Waals surface area contributed by atoms with Crippen LogP contribution in [-0.4, -0.2) is 101 Å². The number of rotatable bonds is 14. The van der Waals surface area contributed by atoms with E-state index in [1.54, 1.807) is 0 Å². The van der Waals surface area contributed by atoms with Crippen molar-refractivity contribution < 1.29 is 39.6 Å². The van der Waals surface area contributed by atoms with Crippen LogP contribution in [-0.2, 0) is 19.2 Å². The molecule has 30 heavy (non-hydrogen) atoms. The molecule has 0 rings (SSSR count). The predicted molar refractivity (Wildman–Crippen MR) is 102 cm³/mol. The number of guanidine groups is 1. The maximum Gasteiger partial charge on any atom is 0.328 e. The summed E-state index contributed by atoms with van der Waals surface area (Å²) in [5.41, 5.74) is 10.5. The van der Waals surface area contributed by atoms with E-state index in [1.165, 1.54) is 0 Å². The summed E-state index contributed by atoms with van der Waals surface area (Å²) in [6, 6.07) is -5.72. The molecule has 172 valence electrons. The number of aliphatic hydroxyl groups is 3. The van der Waals surface area contributed by atoms with Crippen molar-refractivity contribution in [2.24, 2.45) is 11.5 Å². The van der Waals surface area contributed by atoms with E-state index < -0.39 is 67.7 Å². The fraction of sp³-hybridized carbons (Fsp3) is 0.667. The Hall–Kier alpha value is -3.01. The molecule has 0 unspecified atom stereocenters. The minimum atomic E-state index is -1.61. The van der Waals surface area contributed by atoms with Gasteiger partial charge in [-0.3, -0.25) is 19.8 Å². The summed E-state index contributed by atoms with van der Waals surface area (Å²) >= 11 is 0. The van der Waals surface area contributed by atoms with Crippen molar-refractivity contribution in [2.75, 3.05) is 26.4 Å². The normalized spacial score (nSPS) is 14.5. The summed E-state index contributed by atoms with van der Waals surface area (Å²) in [6.45, 7) is -2.26. The van der Waals surface area contributed by atoms with Gasteiger partial charge in [-0.05, 0) is 12.8 Å².